The van der Waals surface area contributed by atoms with E-state index in [4.69, 9.17) is 13.9 Å². The number of esters is 2. The molecule has 0 unspecified atom stereocenters. The van der Waals surface area contributed by atoms with Crippen molar-refractivity contribution < 1.29 is 33.1 Å². The van der Waals surface area contributed by atoms with E-state index < -0.39 is 30.2 Å². The van der Waals surface area contributed by atoms with Crippen LogP contribution in [0.25, 0.3) is 17.0 Å². The number of Topliss-reactive ketones (excluding diaryl/α,β-unsaturated/α-hetero) is 1. The van der Waals surface area contributed by atoms with Crippen molar-refractivity contribution >= 4 is 46.5 Å². The number of pyridine rings is 1. The number of furan rings is 1. The van der Waals surface area contributed by atoms with Crippen LogP contribution in [0.15, 0.2) is 47.0 Å². The Morgan fingerprint density at radius 1 is 1.09 bits per heavy atom. The fraction of sp³-hybridized carbons (Fsp3) is 0.208. The SMILES string of the molecule is CCOC(=O)c1c(NC(=O)COC(=O)/C=C/c2cccc3cccnc23)oc(C)c1C(C)=O. The lowest BCUT2D eigenvalue weighted by Gasteiger charge is -2.06. The molecular weight excluding hydrogens is 428 g/mol. The lowest BCUT2D eigenvalue weighted by atomic mass is 10.1. The number of anilines is 1. The quantitative estimate of drug-likeness (QED) is 0.313. The lowest BCUT2D eigenvalue weighted by molar-refractivity contribution is -0.142. The first kappa shape index (κ1) is 23.4. The highest BCUT2D eigenvalue weighted by Crippen LogP contribution is 2.28. The van der Waals surface area contributed by atoms with Gasteiger partial charge in [0.25, 0.3) is 5.91 Å². The van der Waals surface area contributed by atoms with E-state index in [2.05, 4.69) is 10.3 Å². The van der Waals surface area contributed by atoms with Crippen molar-refractivity contribution in [3.63, 3.8) is 0 Å². The van der Waals surface area contributed by atoms with Gasteiger partial charge in [0.15, 0.2) is 12.4 Å². The molecule has 3 aromatic rings. The van der Waals surface area contributed by atoms with Crippen molar-refractivity contribution in [2.45, 2.75) is 20.8 Å². The van der Waals surface area contributed by atoms with E-state index in [0.29, 0.717) is 0 Å². The second-order valence-corrected chi connectivity index (χ2v) is 6.93. The molecule has 2 heterocycles. The number of nitrogens with zero attached hydrogens (tertiary/aromatic N) is 1. The number of ether oxygens (including phenoxy) is 2. The van der Waals surface area contributed by atoms with Crippen LogP contribution in [-0.4, -0.2) is 41.8 Å². The monoisotopic (exact) mass is 450 g/mol. The van der Waals surface area contributed by atoms with Crippen molar-refractivity contribution in [2.75, 3.05) is 18.5 Å². The minimum Gasteiger partial charge on any atom is -0.462 e. The summed E-state index contributed by atoms with van der Waals surface area (Å²) in [7, 11) is 0. The summed E-state index contributed by atoms with van der Waals surface area (Å²) in [6.07, 6.45) is 4.38. The summed E-state index contributed by atoms with van der Waals surface area (Å²) in [4.78, 5) is 52.8. The Balaban J connectivity index is 1.66. The molecule has 0 fully saturated rings. The van der Waals surface area contributed by atoms with E-state index in [0.717, 1.165) is 16.5 Å². The first-order chi connectivity index (χ1) is 15.8. The Bertz CT molecular complexity index is 1250. The summed E-state index contributed by atoms with van der Waals surface area (Å²) in [5.74, 6) is -2.81. The fourth-order valence-electron chi connectivity index (χ4n) is 3.22. The molecule has 9 nitrogen and oxygen atoms in total. The summed E-state index contributed by atoms with van der Waals surface area (Å²) in [5.41, 5.74) is 1.29. The average molecular weight is 450 g/mol. The third kappa shape index (κ3) is 5.51. The van der Waals surface area contributed by atoms with Gasteiger partial charge in [0.1, 0.15) is 11.3 Å². The number of benzene rings is 1. The molecule has 0 radical (unpaired) electrons. The van der Waals surface area contributed by atoms with Crippen LogP contribution in [0.3, 0.4) is 0 Å². The normalized spacial score (nSPS) is 10.9. The molecule has 0 saturated heterocycles. The van der Waals surface area contributed by atoms with Crippen molar-refractivity contribution in [3.05, 3.63) is 65.1 Å². The van der Waals surface area contributed by atoms with Gasteiger partial charge in [0, 0.05) is 23.2 Å². The summed E-state index contributed by atoms with van der Waals surface area (Å²) < 4.78 is 15.3. The molecule has 0 aliphatic rings. The molecule has 33 heavy (non-hydrogen) atoms. The van der Waals surface area contributed by atoms with E-state index in [1.807, 2.05) is 24.3 Å². The molecule has 0 spiro atoms. The highest BCUT2D eigenvalue weighted by molar-refractivity contribution is 6.11. The number of para-hydroxylation sites is 1. The number of rotatable bonds is 8. The van der Waals surface area contributed by atoms with Crippen LogP contribution >= 0.6 is 0 Å². The van der Waals surface area contributed by atoms with Crippen molar-refractivity contribution in [1.82, 2.24) is 4.98 Å². The fourth-order valence-corrected chi connectivity index (χ4v) is 3.22. The number of aryl methyl sites for hydroxylation is 1. The van der Waals surface area contributed by atoms with Gasteiger partial charge in [-0.2, -0.15) is 0 Å². The zero-order valence-electron chi connectivity index (χ0n) is 18.3. The maximum atomic E-state index is 12.3. The van der Waals surface area contributed by atoms with Crippen LogP contribution in [0, 0.1) is 6.92 Å². The van der Waals surface area contributed by atoms with Gasteiger partial charge < -0.3 is 13.9 Å². The van der Waals surface area contributed by atoms with E-state index in [1.54, 1.807) is 25.3 Å². The Kier molecular flexibility index (Phi) is 7.34. The molecule has 0 atom stereocenters. The van der Waals surface area contributed by atoms with Crippen LogP contribution in [0.2, 0.25) is 0 Å². The molecule has 0 aliphatic carbocycles. The number of ketones is 1. The third-order valence-electron chi connectivity index (χ3n) is 4.58. The largest absolute Gasteiger partial charge is 0.462 e. The van der Waals surface area contributed by atoms with E-state index >= 15 is 0 Å². The maximum absolute atomic E-state index is 12.3. The Morgan fingerprint density at radius 2 is 1.85 bits per heavy atom. The number of fused-ring (bicyclic) bond motifs is 1. The minimum atomic E-state index is -0.807. The number of amides is 1. The van der Waals surface area contributed by atoms with E-state index in [9.17, 15) is 19.2 Å². The molecule has 1 amide bonds. The first-order valence-electron chi connectivity index (χ1n) is 10.1. The summed E-state index contributed by atoms with van der Waals surface area (Å²) in [5, 5.41) is 3.27. The molecular formula is C24H22N2O7. The summed E-state index contributed by atoms with van der Waals surface area (Å²) in [6.45, 7) is 3.81. The van der Waals surface area contributed by atoms with Gasteiger partial charge >= 0.3 is 11.9 Å². The Labute approximate surface area is 189 Å². The van der Waals surface area contributed by atoms with Gasteiger partial charge in [-0.15, -0.1) is 0 Å². The molecule has 0 saturated carbocycles. The average Bonchev–Trinajstić information content (AvgIpc) is 3.12. The number of hydrogen-bond acceptors (Lipinski definition) is 8. The smallest absolute Gasteiger partial charge is 0.344 e. The predicted molar refractivity (Wildman–Crippen MR) is 120 cm³/mol. The molecule has 170 valence electrons. The van der Waals surface area contributed by atoms with Crippen LogP contribution in [0.4, 0.5) is 5.88 Å². The van der Waals surface area contributed by atoms with E-state index in [1.165, 1.54) is 19.9 Å². The van der Waals surface area contributed by atoms with Gasteiger partial charge in [-0.05, 0) is 32.9 Å². The van der Waals surface area contributed by atoms with Crippen molar-refractivity contribution in [1.29, 1.82) is 0 Å². The number of carbonyl (C=O) groups is 4. The molecule has 3 rings (SSSR count). The Morgan fingerprint density at radius 3 is 2.58 bits per heavy atom. The first-order valence-corrected chi connectivity index (χ1v) is 10.1. The highest BCUT2D eigenvalue weighted by atomic mass is 16.5. The number of aromatic nitrogens is 1. The van der Waals surface area contributed by atoms with Crippen molar-refractivity contribution in [3.8, 4) is 0 Å². The van der Waals surface area contributed by atoms with Crippen LogP contribution in [0.1, 0.15) is 45.9 Å². The Hall–Kier alpha value is -4.27. The van der Waals surface area contributed by atoms with Crippen LogP contribution in [0.5, 0.6) is 0 Å². The van der Waals surface area contributed by atoms with Crippen LogP contribution in [-0.2, 0) is 19.1 Å². The maximum Gasteiger partial charge on any atom is 0.344 e. The number of carbonyl (C=O) groups excluding carboxylic acids is 4. The van der Waals surface area contributed by atoms with Gasteiger partial charge in [-0.25, -0.2) is 9.59 Å². The van der Waals surface area contributed by atoms with Gasteiger partial charge in [-0.3, -0.25) is 19.9 Å². The van der Waals surface area contributed by atoms with Gasteiger partial charge in [-0.1, -0.05) is 24.3 Å². The molecule has 0 bridgehead atoms. The third-order valence-corrected chi connectivity index (χ3v) is 4.58. The zero-order chi connectivity index (χ0) is 24.0. The van der Waals surface area contributed by atoms with Gasteiger partial charge in [0.2, 0.25) is 5.88 Å². The molecule has 2 aromatic heterocycles. The second kappa shape index (κ2) is 10.4. The number of nitrogens with one attached hydrogen (secondary N) is 1. The second-order valence-electron chi connectivity index (χ2n) is 6.93. The molecule has 1 N–H and O–H groups in total. The minimum absolute atomic E-state index is 0.0207. The van der Waals surface area contributed by atoms with Gasteiger partial charge in [0.05, 0.1) is 17.7 Å². The predicted octanol–water partition coefficient (Wildman–Crippen LogP) is 3.71. The summed E-state index contributed by atoms with van der Waals surface area (Å²) in [6, 6.07) is 9.26. The lowest BCUT2D eigenvalue weighted by Crippen LogP contribution is -2.21. The zero-order valence-corrected chi connectivity index (χ0v) is 18.3. The van der Waals surface area contributed by atoms with E-state index in [-0.39, 0.29) is 29.4 Å². The summed E-state index contributed by atoms with van der Waals surface area (Å²) >= 11 is 0. The molecule has 0 aliphatic heterocycles. The topological polar surface area (TPSA) is 125 Å². The highest BCUT2D eigenvalue weighted by Gasteiger charge is 2.28. The van der Waals surface area contributed by atoms with Crippen molar-refractivity contribution in [2.24, 2.45) is 0 Å². The number of hydrogen-bond donors (Lipinski definition) is 1. The van der Waals surface area contributed by atoms with Crippen LogP contribution < -0.4 is 5.32 Å². The molecule has 1 aromatic carbocycles. The molecule has 9 heteroatoms. The standard InChI is InChI=1S/C24H22N2O7/c1-4-31-24(30)21-20(14(2)27)15(3)33-23(21)26-18(28)13-32-19(29)11-10-17-8-5-7-16-9-6-12-25-22(16)17/h5-12H,4,13H2,1-3H3,(H,26,28)/b11-10+.